The smallest absolute Gasteiger partial charge is 0.462 e. The largest absolute Gasteiger partial charge is 0.472 e. The van der Waals surface area contributed by atoms with Crippen LogP contribution in [0.15, 0.2) is 12.2 Å². The van der Waals surface area contributed by atoms with Crippen molar-refractivity contribution < 1.29 is 42.1 Å². The number of hydrogen-bond acceptors (Lipinski definition) is 7. The van der Waals surface area contributed by atoms with E-state index in [1.165, 1.54) is 96.3 Å². The molecular formula is C40H79NO8P+. The number of carbonyl (C=O) groups excluding carboxylic acids is 2. The van der Waals surface area contributed by atoms with E-state index in [0.717, 1.165) is 51.4 Å². The fraction of sp³-hybridized carbons (Fsp3) is 0.900. The number of nitrogens with zero attached hydrogens (tertiary/aromatic N) is 1. The van der Waals surface area contributed by atoms with E-state index >= 15 is 0 Å². The predicted octanol–water partition coefficient (Wildman–Crippen LogP) is 11.0. The third kappa shape index (κ3) is 36.5. The maximum Gasteiger partial charge on any atom is 0.472 e. The molecule has 0 aromatic heterocycles. The minimum absolute atomic E-state index is 0.0333. The minimum atomic E-state index is -4.36. The first-order valence-corrected chi connectivity index (χ1v) is 21.9. The monoisotopic (exact) mass is 733 g/mol. The third-order valence-corrected chi connectivity index (χ3v) is 9.78. The molecule has 0 aromatic rings. The molecule has 0 aliphatic rings. The molecule has 296 valence electrons. The lowest BCUT2D eigenvalue weighted by Crippen LogP contribution is -2.37. The Hall–Kier alpha value is -1.25. The Morgan fingerprint density at radius 3 is 1.48 bits per heavy atom. The molecule has 9 nitrogen and oxygen atoms in total. The van der Waals surface area contributed by atoms with Crippen LogP contribution >= 0.6 is 7.82 Å². The van der Waals surface area contributed by atoms with Crippen LogP contribution in [0.5, 0.6) is 0 Å². The number of esters is 2. The molecule has 0 aliphatic carbocycles. The molecule has 1 N–H and O–H groups in total. The lowest BCUT2D eigenvalue weighted by atomic mass is 10.1. The maximum absolute atomic E-state index is 12.6. The van der Waals surface area contributed by atoms with Crippen molar-refractivity contribution in [3.8, 4) is 0 Å². The predicted molar refractivity (Wildman–Crippen MR) is 206 cm³/mol. The summed E-state index contributed by atoms with van der Waals surface area (Å²) >= 11 is 0. The molecule has 0 amide bonds. The van der Waals surface area contributed by atoms with Gasteiger partial charge < -0.3 is 18.9 Å². The van der Waals surface area contributed by atoms with Gasteiger partial charge >= 0.3 is 19.8 Å². The van der Waals surface area contributed by atoms with E-state index in [9.17, 15) is 19.0 Å². The first kappa shape index (κ1) is 48.8. The van der Waals surface area contributed by atoms with Crippen LogP contribution in [-0.4, -0.2) is 74.9 Å². The minimum Gasteiger partial charge on any atom is -0.462 e. The highest BCUT2D eigenvalue weighted by molar-refractivity contribution is 7.47. The van der Waals surface area contributed by atoms with Gasteiger partial charge in [0.1, 0.15) is 19.8 Å². The van der Waals surface area contributed by atoms with E-state index in [1.54, 1.807) is 0 Å². The van der Waals surface area contributed by atoms with Crippen LogP contribution in [0.1, 0.15) is 181 Å². The van der Waals surface area contributed by atoms with Crippen LogP contribution in [-0.2, 0) is 32.7 Å². The number of ether oxygens (including phenoxy) is 2. The number of phosphoric acid groups is 1. The SMILES string of the molecule is CCCCCCCCC=CCCCCCCCC(=O)OC[C@H](COP(=O)(O)OCC[N+](C)(C)C)OC(=O)CCCCCCCCCCCCC. The topological polar surface area (TPSA) is 108 Å². The second kappa shape index (κ2) is 33.6. The molecule has 0 fully saturated rings. The van der Waals surface area contributed by atoms with Crippen LogP contribution in [0, 0.1) is 0 Å². The van der Waals surface area contributed by atoms with Crippen LogP contribution in [0.4, 0.5) is 0 Å². The Morgan fingerprint density at radius 1 is 0.600 bits per heavy atom. The molecule has 0 rings (SSSR count). The van der Waals surface area contributed by atoms with E-state index < -0.39 is 26.5 Å². The molecule has 0 heterocycles. The number of unbranched alkanes of at least 4 members (excludes halogenated alkanes) is 21. The van der Waals surface area contributed by atoms with Gasteiger partial charge in [-0.15, -0.1) is 0 Å². The van der Waals surface area contributed by atoms with Crippen molar-refractivity contribution in [1.29, 1.82) is 0 Å². The molecule has 50 heavy (non-hydrogen) atoms. The highest BCUT2D eigenvalue weighted by Crippen LogP contribution is 2.43. The van der Waals surface area contributed by atoms with E-state index in [1.807, 2.05) is 21.1 Å². The number of likely N-dealkylation sites (N-methyl/N-ethyl adjacent to an activating group) is 1. The van der Waals surface area contributed by atoms with Crippen LogP contribution in [0.2, 0.25) is 0 Å². The molecule has 2 atom stereocenters. The molecule has 0 saturated heterocycles. The summed E-state index contributed by atoms with van der Waals surface area (Å²) in [6.45, 7) is 4.40. The number of rotatable bonds is 37. The fourth-order valence-corrected chi connectivity index (χ4v) is 6.28. The van der Waals surface area contributed by atoms with Gasteiger partial charge in [0.2, 0.25) is 0 Å². The summed E-state index contributed by atoms with van der Waals surface area (Å²) in [5.74, 6) is -0.804. The van der Waals surface area contributed by atoms with Gasteiger partial charge in [-0.1, -0.05) is 142 Å². The Balaban J connectivity index is 4.38. The number of carbonyl (C=O) groups is 2. The van der Waals surface area contributed by atoms with E-state index in [0.29, 0.717) is 17.4 Å². The van der Waals surface area contributed by atoms with Crippen LogP contribution in [0.25, 0.3) is 0 Å². The number of quaternary nitrogens is 1. The zero-order valence-electron chi connectivity index (χ0n) is 33.1. The lowest BCUT2D eigenvalue weighted by Gasteiger charge is -2.24. The van der Waals surface area contributed by atoms with Crippen molar-refractivity contribution in [2.75, 3.05) is 47.5 Å². The van der Waals surface area contributed by atoms with Crippen molar-refractivity contribution in [2.24, 2.45) is 0 Å². The summed E-state index contributed by atoms with van der Waals surface area (Å²) in [6, 6.07) is 0. The Labute approximate surface area is 307 Å². The summed E-state index contributed by atoms with van der Waals surface area (Å²) in [6.07, 6.45) is 32.5. The average Bonchev–Trinajstić information content (AvgIpc) is 3.06. The van der Waals surface area contributed by atoms with E-state index in [2.05, 4.69) is 26.0 Å². The normalized spacial score (nSPS) is 13.8. The van der Waals surface area contributed by atoms with Crippen molar-refractivity contribution in [3.63, 3.8) is 0 Å². The van der Waals surface area contributed by atoms with Gasteiger partial charge in [0.05, 0.1) is 27.7 Å². The standard InChI is InChI=1S/C40H78NO8P/c1-6-8-10-12-14-16-18-19-20-21-23-24-26-28-30-32-39(42)46-36-38(37-48-50(44,45)47-35-34-41(3,4)5)49-40(43)33-31-29-27-25-22-17-15-13-11-9-7-2/h19-20,38H,6-18,21-37H2,1-5H3/p+1/t38-/m1/s1. The quantitative estimate of drug-likeness (QED) is 0.0221. The Morgan fingerprint density at radius 2 is 1.02 bits per heavy atom. The summed E-state index contributed by atoms with van der Waals surface area (Å²) in [4.78, 5) is 35.2. The first-order chi connectivity index (χ1) is 24.0. The third-order valence-electron chi connectivity index (χ3n) is 8.80. The van der Waals surface area contributed by atoms with Gasteiger partial charge in [0.15, 0.2) is 6.10 Å². The summed E-state index contributed by atoms with van der Waals surface area (Å²) in [5, 5.41) is 0. The molecule has 0 aliphatic heterocycles. The molecule has 0 aromatic carbocycles. The van der Waals surface area contributed by atoms with Crippen molar-refractivity contribution in [1.82, 2.24) is 0 Å². The lowest BCUT2D eigenvalue weighted by molar-refractivity contribution is -0.870. The van der Waals surface area contributed by atoms with Gasteiger partial charge in [-0.25, -0.2) is 4.57 Å². The van der Waals surface area contributed by atoms with Gasteiger partial charge in [-0.2, -0.15) is 0 Å². The van der Waals surface area contributed by atoms with Crippen LogP contribution in [0.3, 0.4) is 0 Å². The number of phosphoric ester groups is 1. The Kier molecular flexibility index (Phi) is 32.7. The maximum atomic E-state index is 12.6. The second-order valence-corrected chi connectivity index (χ2v) is 16.5. The molecule has 0 bridgehead atoms. The second-order valence-electron chi connectivity index (χ2n) is 15.0. The molecular weight excluding hydrogens is 653 g/mol. The van der Waals surface area contributed by atoms with Gasteiger partial charge in [0, 0.05) is 12.8 Å². The van der Waals surface area contributed by atoms with E-state index in [-0.39, 0.29) is 32.0 Å². The molecule has 0 radical (unpaired) electrons. The number of allylic oxidation sites excluding steroid dienone is 2. The average molecular weight is 733 g/mol. The van der Waals surface area contributed by atoms with Crippen LogP contribution < -0.4 is 0 Å². The first-order valence-electron chi connectivity index (χ1n) is 20.4. The van der Waals surface area contributed by atoms with Gasteiger partial charge in [-0.05, 0) is 38.5 Å². The Bertz CT molecular complexity index is 876. The molecule has 0 spiro atoms. The van der Waals surface area contributed by atoms with Crippen molar-refractivity contribution >= 4 is 19.8 Å². The highest BCUT2D eigenvalue weighted by Gasteiger charge is 2.27. The zero-order valence-corrected chi connectivity index (χ0v) is 34.0. The zero-order chi connectivity index (χ0) is 37.2. The fourth-order valence-electron chi connectivity index (χ4n) is 5.54. The highest BCUT2D eigenvalue weighted by atomic mass is 31.2. The molecule has 0 saturated carbocycles. The van der Waals surface area contributed by atoms with Gasteiger partial charge in [-0.3, -0.25) is 18.6 Å². The van der Waals surface area contributed by atoms with Crippen molar-refractivity contribution in [3.05, 3.63) is 12.2 Å². The van der Waals surface area contributed by atoms with Gasteiger partial charge in [0.25, 0.3) is 0 Å². The summed E-state index contributed by atoms with van der Waals surface area (Å²) in [7, 11) is 1.48. The number of hydrogen-bond donors (Lipinski definition) is 1. The molecule has 1 unspecified atom stereocenters. The van der Waals surface area contributed by atoms with Crippen molar-refractivity contribution in [2.45, 2.75) is 187 Å². The summed E-state index contributed by atoms with van der Waals surface area (Å²) < 4.78 is 34.2. The summed E-state index contributed by atoms with van der Waals surface area (Å²) in [5.41, 5.74) is 0. The van der Waals surface area contributed by atoms with E-state index in [4.69, 9.17) is 18.5 Å². The molecule has 10 heteroatoms.